The van der Waals surface area contributed by atoms with Gasteiger partial charge >= 0.3 is 0 Å². The maximum Gasteiger partial charge on any atom is 0.121 e. The normalized spacial score (nSPS) is 18.1. The Morgan fingerprint density at radius 1 is 1.04 bits per heavy atom. The molecule has 0 saturated carbocycles. The van der Waals surface area contributed by atoms with E-state index in [1.807, 2.05) is 35.0 Å². The maximum absolute atomic E-state index is 6.01. The van der Waals surface area contributed by atoms with E-state index in [1.54, 1.807) is 12.5 Å². The maximum atomic E-state index is 6.01. The van der Waals surface area contributed by atoms with Crippen LogP contribution in [0.15, 0.2) is 71.7 Å². The zero-order valence-corrected chi connectivity index (χ0v) is 14.9. The number of hydrogen-bond acceptors (Lipinski definition) is 5. The van der Waals surface area contributed by atoms with Crippen molar-refractivity contribution in [2.24, 2.45) is 0 Å². The molecule has 0 bridgehead atoms. The van der Waals surface area contributed by atoms with E-state index in [-0.39, 0.29) is 6.10 Å². The number of morpholine rings is 1. The predicted molar refractivity (Wildman–Crippen MR) is 101 cm³/mol. The molecule has 1 aliphatic heterocycles. The molecular weight excluding hydrogens is 340 g/mol. The van der Waals surface area contributed by atoms with Crippen molar-refractivity contribution in [3.63, 3.8) is 0 Å². The highest BCUT2D eigenvalue weighted by molar-refractivity contribution is 5.66. The summed E-state index contributed by atoms with van der Waals surface area (Å²) in [6.45, 7) is 3.23. The average Bonchev–Trinajstić information content (AvgIpc) is 3.38. The molecule has 136 valence electrons. The molecule has 0 amide bonds. The second-order valence-electron chi connectivity index (χ2n) is 6.81. The molecular formula is C21H20N4O2. The Bertz CT molecular complexity index is 1030. The van der Waals surface area contributed by atoms with Crippen LogP contribution in [0.3, 0.4) is 0 Å². The van der Waals surface area contributed by atoms with E-state index in [4.69, 9.17) is 9.15 Å². The van der Waals surface area contributed by atoms with Gasteiger partial charge in [-0.25, -0.2) is 4.52 Å². The van der Waals surface area contributed by atoms with Crippen molar-refractivity contribution in [3.05, 3.63) is 78.5 Å². The summed E-state index contributed by atoms with van der Waals surface area (Å²) in [4.78, 5) is 2.36. The average molecular weight is 360 g/mol. The Kier molecular flexibility index (Phi) is 4.20. The fourth-order valence-corrected chi connectivity index (χ4v) is 3.60. The van der Waals surface area contributed by atoms with E-state index in [0.29, 0.717) is 6.61 Å². The van der Waals surface area contributed by atoms with E-state index >= 15 is 0 Å². The van der Waals surface area contributed by atoms with Crippen LogP contribution in [0.2, 0.25) is 0 Å². The van der Waals surface area contributed by atoms with Crippen LogP contribution >= 0.6 is 0 Å². The third-order valence-corrected chi connectivity index (χ3v) is 4.99. The molecule has 27 heavy (non-hydrogen) atoms. The first-order valence-electron chi connectivity index (χ1n) is 9.12. The Balaban J connectivity index is 1.39. The number of furan rings is 1. The van der Waals surface area contributed by atoms with E-state index < -0.39 is 0 Å². The molecule has 5 rings (SSSR count). The summed E-state index contributed by atoms with van der Waals surface area (Å²) < 4.78 is 13.0. The molecule has 1 aliphatic rings. The summed E-state index contributed by atoms with van der Waals surface area (Å²) in [5.41, 5.74) is 5.34. The highest BCUT2D eigenvalue weighted by Crippen LogP contribution is 2.27. The van der Waals surface area contributed by atoms with E-state index in [2.05, 4.69) is 39.5 Å². The topological polar surface area (TPSA) is 55.8 Å². The molecule has 3 aromatic heterocycles. The van der Waals surface area contributed by atoms with Gasteiger partial charge in [-0.05, 0) is 17.7 Å². The van der Waals surface area contributed by atoms with Gasteiger partial charge in [0.1, 0.15) is 11.8 Å². The zero-order valence-electron chi connectivity index (χ0n) is 14.9. The monoisotopic (exact) mass is 360 g/mol. The first-order chi connectivity index (χ1) is 13.4. The zero-order chi connectivity index (χ0) is 18.1. The van der Waals surface area contributed by atoms with E-state index in [0.717, 1.165) is 42.0 Å². The molecule has 0 spiro atoms. The molecule has 0 radical (unpaired) electrons. The van der Waals surface area contributed by atoms with Crippen LogP contribution in [0.25, 0.3) is 16.6 Å². The van der Waals surface area contributed by atoms with Gasteiger partial charge in [0.05, 0.1) is 24.6 Å². The van der Waals surface area contributed by atoms with Crippen molar-refractivity contribution in [2.75, 3.05) is 19.7 Å². The van der Waals surface area contributed by atoms with Gasteiger partial charge in [-0.1, -0.05) is 41.6 Å². The molecule has 4 aromatic rings. The molecule has 0 aliphatic carbocycles. The fourth-order valence-electron chi connectivity index (χ4n) is 3.60. The van der Waals surface area contributed by atoms with Crippen LogP contribution < -0.4 is 0 Å². The van der Waals surface area contributed by atoms with E-state index in [1.165, 1.54) is 5.56 Å². The lowest BCUT2D eigenvalue weighted by Gasteiger charge is -2.31. The van der Waals surface area contributed by atoms with Gasteiger partial charge in [-0.3, -0.25) is 4.90 Å². The van der Waals surface area contributed by atoms with Gasteiger partial charge in [-0.2, -0.15) is 0 Å². The molecule has 1 fully saturated rings. The molecule has 0 N–H and O–H groups in total. The number of aromatic nitrogens is 3. The lowest BCUT2D eigenvalue weighted by atomic mass is 10.1. The molecule has 1 aromatic carbocycles. The van der Waals surface area contributed by atoms with Gasteiger partial charge in [0, 0.05) is 37.0 Å². The first-order valence-corrected chi connectivity index (χ1v) is 9.12. The summed E-state index contributed by atoms with van der Waals surface area (Å²) in [6, 6.07) is 16.5. The van der Waals surface area contributed by atoms with Gasteiger partial charge in [-0.15, -0.1) is 5.10 Å². The highest BCUT2D eigenvalue weighted by Gasteiger charge is 2.26. The summed E-state index contributed by atoms with van der Waals surface area (Å²) in [7, 11) is 0. The molecule has 6 nitrogen and oxygen atoms in total. The van der Waals surface area contributed by atoms with Crippen LogP contribution in [0.4, 0.5) is 0 Å². The van der Waals surface area contributed by atoms with E-state index in [9.17, 15) is 0 Å². The number of benzene rings is 1. The van der Waals surface area contributed by atoms with Crippen molar-refractivity contribution in [3.8, 4) is 11.1 Å². The molecule has 0 unspecified atom stereocenters. The molecule has 6 heteroatoms. The number of ether oxygens (including phenoxy) is 1. The quantitative estimate of drug-likeness (QED) is 0.557. The van der Waals surface area contributed by atoms with Crippen LogP contribution in [-0.4, -0.2) is 39.4 Å². The van der Waals surface area contributed by atoms with Gasteiger partial charge < -0.3 is 9.15 Å². The largest absolute Gasteiger partial charge is 0.472 e. The summed E-state index contributed by atoms with van der Waals surface area (Å²) in [5.74, 6) is 0. The Hall–Kier alpha value is -2.96. The minimum Gasteiger partial charge on any atom is -0.472 e. The van der Waals surface area contributed by atoms with Crippen molar-refractivity contribution in [2.45, 2.75) is 12.6 Å². The lowest BCUT2D eigenvalue weighted by molar-refractivity contribution is -0.0343. The van der Waals surface area contributed by atoms with Crippen molar-refractivity contribution < 1.29 is 9.15 Å². The van der Waals surface area contributed by atoms with Crippen LogP contribution in [-0.2, 0) is 11.3 Å². The van der Waals surface area contributed by atoms with Crippen LogP contribution in [0, 0.1) is 0 Å². The molecule has 4 heterocycles. The number of rotatable bonds is 4. The van der Waals surface area contributed by atoms with Gasteiger partial charge in [0.25, 0.3) is 0 Å². The number of fused-ring (bicyclic) bond motifs is 1. The van der Waals surface area contributed by atoms with Crippen molar-refractivity contribution >= 4 is 5.52 Å². The highest BCUT2D eigenvalue weighted by atomic mass is 16.5. The third kappa shape index (κ3) is 3.25. The minimum atomic E-state index is -0.0780. The molecule has 1 saturated heterocycles. The smallest absolute Gasteiger partial charge is 0.121 e. The number of hydrogen-bond donors (Lipinski definition) is 0. The van der Waals surface area contributed by atoms with Gasteiger partial charge in [0.15, 0.2) is 0 Å². The lowest BCUT2D eigenvalue weighted by Crippen LogP contribution is -2.37. The SMILES string of the molecule is c1ccc(-c2ccc3c([C@H]4CN(Cc5ccoc5)CCO4)nnn3c2)cc1. The Morgan fingerprint density at radius 3 is 2.81 bits per heavy atom. The second-order valence-corrected chi connectivity index (χ2v) is 6.81. The predicted octanol–water partition coefficient (Wildman–Crippen LogP) is 3.56. The summed E-state index contributed by atoms with van der Waals surface area (Å²) in [5, 5.41) is 8.76. The minimum absolute atomic E-state index is 0.0780. The number of nitrogens with zero attached hydrogens (tertiary/aromatic N) is 4. The molecule has 1 atom stereocenters. The number of pyridine rings is 1. The Morgan fingerprint density at radius 2 is 1.96 bits per heavy atom. The summed E-state index contributed by atoms with van der Waals surface area (Å²) in [6.07, 6.45) is 5.45. The third-order valence-electron chi connectivity index (χ3n) is 4.99. The Labute approximate surface area is 157 Å². The van der Waals surface area contributed by atoms with Crippen LogP contribution in [0.5, 0.6) is 0 Å². The first kappa shape index (κ1) is 16.2. The van der Waals surface area contributed by atoms with Crippen molar-refractivity contribution in [1.29, 1.82) is 0 Å². The fraction of sp³-hybridized carbons (Fsp3) is 0.238. The second kappa shape index (κ2) is 6.98. The van der Waals surface area contributed by atoms with Crippen LogP contribution in [0.1, 0.15) is 17.4 Å². The standard InChI is InChI=1S/C21H20N4O2/c1-2-4-17(5-3-1)18-6-7-19-21(22-23-25(19)13-18)20-14-24(9-11-27-20)12-16-8-10-26-15-16/h1-8,10,13,15,20H,9,11-12,14H2/t20-/m1/s1. The summed E-state index contributed by atoms with van der Waals surface area (Å²) >= 11 is 0. The van der Waals surface area contributed by atoms with Crippen molar-refractivity contribution in [1.82, 2.24) is 19.7 Å². The van der Waals surface area contributed by atoms with Gasteiger partial charge in [0.2, 0.25) is 0 Å².